The lowest BCUT2D eigenvalue weighted by Crippen LogP contribution is -2.45. The monoisotopic (exact) mass is 924 g/mol. The number of carbonyl (C=O) groups excluding carboxylic acids is 1. The fraction of sp³-hybridized carbons (Fsp3) is 0.873. The molecule has 0 fully saturated rings. The van der Waals surface area contributed by atoms with Gasteiger partial charge >= 0.3 is 7.82 Å². The Kier molecular flexibility index (Phi) is 45.9. The van der Waals surface area contributed by atoms with Crippen molar-refractivity contribution in [2.24, 2.45) is 0 Å². The first kappa shape index (κ1) is 62.7. The van der Waals surface area contributed by atoms with E-state index in [1.807, 2.05) is 27.2 Å². The Hall–Kier alpha value is -1.28. The Morgan fingerprint density at radius 2 is 0.891 bits per heavy atom. The molecule has 0 bridgehead atoms. The van der Waals surface area contributed by atoms with Crippen LogP contribution in [0.2, 0.25) is 0 Å². The van der Waals surface area contributed by atoms with Crippen molar-refractivity contribution >= 4 is 13.7 Å². The third kappa shape index (κ3) is 48.6. The molecule has 3 unspecified atom stereocenters. The van der Waals surface area contributed by atoms with Gasteiger partial charge in [-0.15, -0.1) is 0 Å². The lowest BCUT2D eigenvalue weighted by Gasteiger charge is -2.25. The number of rotatable bonds is 50. The van der Waals surface area contributed by atoms with Gasteiger partial charge < -0.3 is 19.8 Å². The highest BCUT2D eigenvalue weighted by atomic mass is 31.2. The fourth-order valence-corrected chi connectivity index (χ4v) is 8.75. The van der Waals surface area contributed by atoms with Gasteiger partial charge in [-0.05, 0) is 51.4 Å². The molecule has 0 aromatic rings. The minimum Gasteiger partial charge on any atom is -0.387 e. The van der Waals surface area contributed by atoms with Gasteiger partial charge in [0.2, 0.25) is 5.91 Å². The molecule has 0 saturated carbocycles. The number of unbranched alkanes of at least 4 members (excludes halogenated alkanes) is 33. The van der Waals surface area contributed by atoms with Crippen LogP contribution in [0.25, 0.3) is 0 Å². The van der Waals surface area contributed by atoms with E-state index < -0.39 is 20.0 Å². The zero-order valence-corrected chi connectivity index (χ0v) is 43.9. The van der Waals surface area contributed by atoms with Crippen molar-refractivity contribution in [1.29, 1.82) is 0 Å². The summed E-state index contributed by atoms with van der Waals surface area (Å²) in [4.78, 5) is 23.3. The molecule has 0 rings (SSSR count). The molecule has 8 nitrogen and oxygen atoms in total. The number of nitrogens with one attached hydrogen (secondary N) is 1. The van der Waals surface area contributed by atoms with Crippen LogP contribution in [0, 0.1) is 0 Å². The quantitative estimate of drug-likeness (QED) is 0.0243. The molecule has 0 spiro atoms. The van der Waals surface area contributed by atoms with Crippen molar-refractivity contribution in [2.45, 2.75) is 270 Å². The summed E-state index contributed by atoms with van der Waals surface area (Å²) in [5.41, 5.74) is 0. The van der Waals surface area contributed by atoms with Gasteiger partial charge in [0, 0.05) is 6.42 Å². The number of likely N-dealkylation sites (N-methyl/N-ethyl adjacent to an activating group) is 1. The Labute approximate surface area is 397 Å². The highest BCUT2D eigenvalue weighted by molar-refractivity contribution is 7.47. The summed E-state index contributed by atoms with van der Waals surface area (Å²) < 4.78 is 23.7. The molecule has 0 aliphatic heterocycles. The van der Waals surface area contributed by atoms with Crippen LogP contribution < -0.4 is 5.32 Å². The molecule has 0 radical (unpaired) electrons. The third-order valence-electron chi connectivity index (χ3n) is 12.4. The van der Waals surface area contributed by atoms with Crippen LogP contribution in [0.1, 0.15) is 258 Å². The SMILES string of the molecule is CCCCCCCCCCC/C=C\C/C=C\CCCCCCCCCCCC(=O)NC(COP(=O)(O)OCC[N+](C)(C)C)C(O)/C=C/CCCCCCCCCCCCCCCCC. The number of phosphoric acid groups is 1. The summed E-state index contributed by atoms with van der Waals surface area (Å²) in [6.07, 6.45) is 59.4. The molecular formula is C55H108N2O6P+. The maximum atomic E-state index is 13.0. The second-order valence-electron chi connectivity index (χ2n) is 20.0. The maximum absolute atomic E-state index is 13.0. The van der Waals surface area contributed by atoms with Crippen LogP contribution >= 0.6 is 7.82 Å². The van der Waals surface area contributed by atoms with E-state index in [4.69, 9.17) is 9.05 Å². The van der Waals surface area contributed by atoms with E-state index >= 15 is 0 Å². The predicted octanol–water partition coefficient (Wildman–Crippen LogP) is 16.2. The average molecular weight is 924 g/mol. The molecule has 64 heavy (non-hydrogen) atoms. The van der Waals surface area contributed by atoms with Gasteiger partial charge in [0.15, 0.2) is 0 Å². The number of hydrogen-bond acceptors (Lipinski definition) is 5. The number of phosphoric ester groups is 1. The van der Waals surface area contributed by atoms with Crippen molar-refractivity contribution in [2.75, 3.05) is 40.9 Å². The summed E-state index contributed by atoms with van der Waals surface area (Å²) in [5, 5.41) is 13.9. The first-order chi connectivity index (χ1) is 31.0. The Morgan fingerprint density at radius 3 is 1.28 bits per heavy atom. The first-order valence-electron chi connectivity index (χ1n) is 27.4. The maximum Gasteiger partial charge on any atom is 0.472 e. The van der Waals surface area contributed by atoms with Crippen LogP contribution in [-0.4, -0.2) is 73.4 Å². The number of aliphatic hydroxyl groups excluding tert-OH is 1. The van der Waals surface area contributed by atoms with Crippen molar-refractivity contribution in [3.05, 3.63) is 36.5 Å². The molecule has 3 N–H and O–H groups in total. The van der Waals surface area contributed by atoms with Crippen molar-refractivity contribution in [3.8, 4) is 0 Å². The normalized spacial score (nSPS) is 14.3. The minimum atomic E-state index is -4.34. The Balaban J connectivity index is 4.24. The number of carbonyl (C=O) groups is 1. The van der Waals surface area contributed by atoms with Crippen LogP contribution in [-0.2, 0) is 18.4 Å². The van der Waals surface area contributed by atoms with Gasteiger partial charge in [0.25, 0.3) is 0 Å². The highest BCUT2D eigenvalue weighted by Crippen LogP contribution is 2.43. The van der Waals surface area contributed by atoms with E-state index in [2.05, 4.69) is 43.5 Å². The van der Waals surface area contributed by atoms with Crippen molar-refractivity contribution in [1.82, 2.24) is 5.32 Å². The Bertz CT molecular complexity index is 1140. The standard InChI is InChI=1S/C55H107N2O6P/c1-6-8-10-12-14-16-18-20-22-24-25-26-27-28-29-30-31-33-35-37-39-41-43-45-47-49-55(59)56-53(52-63-64(60,61)62-51-50-57(3,4)5)54(58)48-46-44-42-40-38-36-34-32-23-21-19-17-15-13-11-9-7-2/h25-26,28-29,46,48,53-54,58H,6-24,27,30-45,47,49-52H2,1-5H3,(H-,56,59,60,61)/p+1/b26-25-,29-28-,48-46+. The molecule has 9 heteroatoms. The first-order valence-corrected chi connectivity index (χ1v) is 28.9. The summed E-state index contributed by atoms with van der Waals surface area (Å²) in [6, 6.07) is -0.848. The fourth-order valence-electron chi connectivity index (χ4n) is 8.01. The van der Waals surface area contributed by atoms with Crippen LogP contribution in [0.4, 0.5) is 0 Å². The van der Waals surface area contributed by atoms with E-state index in [0.29, 0.717) is 17.4 Å². The Morgan fingerprint density at radius 1 is 0.531 bits per heavy atom. The van der Waals surface area contributed by atoms with Crippen LogP contribution in [0.15, 0.2) is 36.5 Å². The number of hydrogen-bond donors (Lipinski definition) is 3. The average Bonchev–Trinajstić information content (AvgIpc) is 3.25. The number of quaternary nitrogens is 1. The second-order valence-corrected chi connectivity index (χ2v) is 21.4. The summed E-state index contributed by atoms with van der Waals surface area (Å²) >= 11 is 0. The summed E-state index contributed by atoms with van der Waals surface area (Å²) in [7, 11) is 1.57. The summed E-state index contributed by atoms with van der Waals surface area (Å²) in [6.45, 7) is 4.84. The van der Waals surface area contributed by atoms with Gasteiger partial charge in [-0.1, -0.05) is 237 Å². The third-order valence-corrected chi connectivity index (χ3v) is 13.3. The van der Waals surface area contributed by atoms with E-state index in [9.17, 15) is 19.4 Å². The lowest BCUT2D eigenvalue weighted by atomic mass is 10.0. The van der Waals surface area contributed by atoms with Crippen LogP contribution in [0.3, 0.4) is 0 Å². The second kappa shape index (κ2) is 46.8. The molecule has 0 heterocycles. The molecule has 1 amide bonds. The van der Waals surface area contributed by atoms with Gasteiger partial charge in [0.1, 0.15) is 13.2 Å². The molecule has 3 atom stereocenters. The minimum absolute atomic E-state index is 0.0609. The van der Waals surface area contributed by atoms with E-state index in [0.717, 1.165) is 44.9 Å². The van der Waals surface area contributed by atoms with Gasteiger partial charge in [-0.2, -0.15) is 0 Å². The lowest BCUT2D eigenvalue weighted by molar-refractivity contribution is -0.870. The van der Waals surface area contributed by atoms with E-state index in [-0.39, 0.29) is 19.1 Å². The van der Waals surface area contributed by atoms with Crippen LogP contribution in [0.5, 0.6) is 0 Å². The molecule has 0 aliphatic carbocycles. The van der Waals surface area contributed by atoms with Gasteiger partial charge in [-0.25, -0.2) is 4.57 Å². The number of amides is 1. The zero-order valence-electron chi connectivity index (χ0n) is 43.0. The number of allylic oxidation sites excluding steroid dienone is 5. The van der Waals surface area contributed by atoms with E-state index in [1.54, 1.807) is 6.08 Å². The smallest absolute Gasteiger partial charge is 0.387 e. The predicted molar refractivity (Wildman–Crippen MR) is 277 cm³/mol. The topological polar surface area (TPSA) is 105 Å². The number of nitrogens with zero attached hydrogens (tertiary/aromatic N) is 1. The van der Waals surface area contributed by atoms with E-state index in [1.165, 1.54) is 193 Å². The highest BCUT2D eigenvalue weighted by Gasteiger charge is 2.27. The van der Waals surface area contributed by atoms with Gasteiger partial charge in [0.05, 0.1) is 39.9 Å². The largest absolute Gasteiger partial charge is 0.472 e. The molecule has 0 aliphatic rings. The summed E-state index contributed by atoms with van der Waals surface area (Å²) in [5.74, 6) is -0.179. The molecule has 0 aromatic carbocycles. The molecular weight excluding hydrogens is 816 g/mol. The number of aliphatic hydroxyl groups is 1. The molecule has 378 valence electrons. The molecule has 0 saturated heterocycles. The zero-order chi connectivity index (χ0) is 47.1. The van der Waals surface area contributed by atoms with Crippen molar-refractivity contribution in [3.63, 3.8) is 0 Å². The molecule has 0 aromatic heterocycles. The van der Waals surface area contributed by atoms with Gasteiger partial charge in [-0.3, -0.25) is 13.8 Å². The van der Waals surface area contributed by atoms with Crippen molar-refractivity contribution < 1.29 is 32.9 Å².